The number of rotatable bonds is 4. The Bertz CT molecular complexity index is 903. The Balaban J connectivity index is 1.96. The van der Waals surface area contributed by atoms with Gasteiger partial charge in [-0.05, 0) is 38.8 Å². The molecule has 0 unspecified atom stereocenters. The molecule has 4 rings (SSSR count). The highest BCUT2D eigenvalue weighted by molar-refractivity contribution is 6.83. The van der Waals surface area contributed by atoms with E-state index in [1.54, 1.807) is 0 Å². The molecule has 0 saturated carbocycles. The minimum absolute atomic E-state index is 0.739. The molecule has 0 aliphatic heterocycles. The lowest BCUT2D eigenvalue weighted by atomic mass is 10.1. The molecule has 0 amide bonds. The van der Waals surface area contributed by atoms with Gasteiger partial charge in [0, 0.05) is 6.61 Å². The summed E-state index contributed by atoms with van der Waals surface area (Å²) in [4.78, 5) is 0. The van der Waals surface area contributed by atoms with E-state index in [9.17, 15) is 0 Å². The fraction of sp³-hybridized carbons (Fsp3) is 0.0909. The zero-order valence-corrected chi connectivity index (χ0v) is 14.9. The molecular formula is C22H20OSi. The van der Waals surface area contributed by atoms with Gasteiger partial charge in [0.1, 0.15) is 0 Å². The third-order valence-corrected chi connectivity index (χ3v) is 7.35. The van der Waals surface area contributed by atoms with E-state index in [2.05, 4.69) is 91.9 Å². The van der Waals surface area contributed by atoms with E-state index in [-0.39, 0.29) is 0 Å². The molecule has 24 heavy (non-hydrogen) atoms. The van der Waals surface area contributed by atoms with Crippen molar-refractivity contribution in [1.82, 2.24) is 0 Å². The Morgan fingerprint density at radius 3 is 1.58 bits per heavy atom. The molecule has 0 fully saturated rings. The van der Waals surface area contributed by atoms with Crippen LogP contribution >= 0.6 is 0 Å². The van der Waals surface area contributed by atoms with E-state index in [1.807, 2.05) is 0 Å². The molecule has 4 aromatic rings. The standard InChI is InChI=1S/C22H20OSi/c1-2-23-24(21-15-7-11-17-9-3-5-13-19(17)21)22-16-8-12-18-10-4-6-14-20(18)22/h3-16,24H,2H2,1H3. The van der Waals surface area contributed by atoms with E-state index in [4.69, 9.17) is 4.43 Å². The van der Waals surface area contributed by atoms with Crippen LogP contribution < -0.4 is 10.4 Å². The number of hydrogen-bond donors (Lipinski definition) is 0. The van der Waals surface area contributed by atoms with Crippen LogP contribution in [0.5, 0.6) is 0 Å². The largest absolute Gasteiger partial charge is 0.411 e. The molecule has 0 bridgehead atoms. The maximum absolute atomic E-state index is 6.37. The maximum atomic E-state index is 6.37. The topological polar surface area (TPSA) is 9.23 Å². The second-order valence-electron chi connectivity index (χ2n) is 5.97. The lowest BCUT2D eigenvalue weighted by Crippen LogP contribution is -2.45. The van der Waals surface area contributed by atoms with E-state index in [0.29, 0.717) is 0 Å². The van der Waals surface area contributed by atoms with Gasteiger partial charge in [-0.25, -0.2) is 0 Å². The Morgan fingerprint density at radius 2 is 1.08 bits per heavy atom. The predicted molar refractivity (Wildman–Crippen MR) is 106 cm³/mol. The zero-order chi connectivity index (χ0) is 16.4. The van der Waals surface area contributed by atoms with Crippen molar-refractivity contribution in [2.45, 2.75) is 6.92 Å². The monoisotopic (exact) mass is 328 g/mol. The van der Waals surface area contributed by atoms with Crippen LogP contribution in [-0.2, 0) is 4.43 Å². The third-order valence-electron chi connectivity index (χ3n) is 4.54. The Morgan fingerprint density at radius 1 is 0.625 bits per heavy atom. The highest BCUT2D eigenvalue weighted by Crippen LogP contribution is 2.15. The summed E-state index contributed by atoms with van der Waals surface area (Å²) in [5.74, 6) is 0. The minimum atomic E-state index is -1.75. The molecular weight excluding hydrogens is 308 g/mol. The molecule has 0 aromatic heterocycles. The van der Waals surface area contributed by atoms with Crippen LogP contribution in [0.1, 0.15) is 6.92 Å². The first-order valence-corrected chi connectivity index (χ1v) is 10.1. The van der Waals surface area contributed by atoms with Gasteiger partial charge in [-0.2, -0.15) is 0 Å². The van der Waals surface area contributed by atoms with Crippen molar-refractivity contribution in [2.75, 3.05) is 6.61 Å². The third kappa shape index (κ3) is 2.64. The summed E-state index contributed by atoms with van der Waals surface area (Å²) in [6.07, 6.45) is 0. The minimum Gasteiger partial charge on any atom is -0.411 e. The van der Waals surface area contributed by atoms with Gasteiger partial charge in [-0.3, -0.25) is 0 Å². The quantitative estimate of drug-likeness (QED) is 0.517. The van der Waals surface area contributed by atoms with Gasteiger partial charge in [0.05, 0.1) is 0 Å². The van der Waals surface area contributed by atoms with Crippen molar-refractivity contribution in [2.24, 2.45) is 0 Å². The van der Waals surface area contributed by atoms with Crippen LogP contribution in [0.3, 0.4) is 0 Å². The molecule has 0 spiro atoms. The summed E-state index contributed by atoms with van der Waals surface area (Å²) in [5, 5.41) is 7.94. The van der Waals surface area contributed by atoms with Gasteiger partial charge in [0.15, 0.2) is 0 Å². The van der Waals surface area contributed by atoms with Gasteiger partial charge >= 0.3 is 0 Å². The molecule has 0 saturated heterocycles. The van der Waals surface area contributed by atoms with Crippen LogP contribution in [0.25, 0.3) is 21.5 Å². The SMILES string of the molecule is CCO[SiH](c1cccc2ccccc12)c1cccc2ccccc12. The van der Waals surface area contributed by atoms with Crippen molar-refractivity contribution < 1.29 is 4.43 Å². The van der Waals surface area contributed by atoms with Crippen molar-refractivity contribution in [3.63, 3.8) is 0 Å². The summed E-state index contributed by atoms with van der Waals surface area (Å²) in [7, 11) is -1.75. The number of fused-ring (bicyclic) bond motifs is 2. The number of benzene rings is 4. The van der Waals surface area contributed by atoms with Gasteiger partial charge < -0.3 is 4.43 Å². The van der Waals surface area contributed by atoms with Gasteiger partial charge in [-0.1, -0.05) is 84.9 Å². The van der Waals surface area contributed by atoms with E-state index >= 15 is 0 Å². The molecule has 0 aliphatic rings. The molecule has 0 aliphatic carbocycles. The highest BCUT2D eigenvalue weighted by atomic mass is 28.3. The smallest absolute Gasteiger partial charge is 0.241 e. The fourth-order valence-electron chi connectivity index (χ4n) is 3.47. The van der Waals surface area contributed by atoms with Gasteiger partial charge in [-0.15, -0.1) is 0 Å². The first-order valence-electron chi connectivity index (χ1n) is 8.45. The average molecular weight is 328 g/mol. The predicted octanol–water partition coefficient (Wildman–Crippen LogP) is 3.87. The number of hydrogen-bond acceptors (Lipinski definition) is 1. The van der Waals surface area contributed by atoms with Gasteiger partial charge in [0.25, 0.3) is 0 Å². The normalized spacial score (nSPS) is 11.4. The maximum Gasteiger partial charge on any atom is 0.241 e. The summed E-state index contributed by atoms with van der Waals surface area (Å²) in [6, 6.07) is 30.4. The fourth-order valence-corrected chi connectivity index (χ4v) is 6.16. The first kappa shape index (κ1) is 15.1. The molecule has 0 heterocycles. The van der Waals surface area contributed by atoms with Crippen molar-refractivity contribution >= 4 is 41.0 Å². The van der Waals surface area contributed by atoms with Crippen molar-refractivity contribution in [1.29, 1.82) is 0 Å². The highest BCUT2D eigenvalue weighted by Gasteiger charge is 2.21. The summed E-state index contributed by atoms with van der Waals surface area (Å²) in [6.45, 7) is 2.83. The lowest BCUT2D eigenvalue weighted by Gasteiger charge is -2.20. The Labute approximate surface area is 144 Å². The summed E-state index contributed by atoms with van der Waals surface area (Å²) >= 11 is 0. The van der Waals surface area contributed by atoms with Gasteiger partial charge in [0.2, 0.25) is 9.04 Å². The van der Waals surface area contributed by atoms with Crippen LogP contribution in [0.15, 0.2) is 84.9 Å². The second kappa shape index (κ2) is 6.60. The first-order chi connectivity index (χ1) is 11.9. The second-order valence-corrected chi connectivity index (χ2v) is 8.31. The zero-order valence-electron chi connectivity index (χ0n) is 13.8. The molecule has 0 atom stereocenters. The molecule has 2 heteroatoms. The van der Waals surface area contributed by atoms with E-state index in [1.165, 1.54) is 31.9 Å². The summed E-state index contributed by atoms with van der Waals surface area (Å²) < 4.78 is 6.37. The molecule has 4 aromatic carbocycles. The molecule has 0 N–H and O–H groups in total. The lowest BCUT2D eigenvalue weighted by molar-refractivity contribution is 0.358. The van der Waals surface area contributed by atoms with E-state index in [0.717, 1.165) is 6.61 Å². The average Bonchev–Trinajstić information content (AvgIpc) is 2.65. The molecule has 118 valence electrons. The molecule has 0 radical (unpaired) electrons. The van der Waals surface area contributed by atoms with Crippen molar-refractivity contribution in [3.8, 4) is 0 Å². The summed E-state index contributed by atoms with van der Waals surface area (Å²) in [5.41, 5.74) is 0. The van der Waals surface area contributed by atoms with Crippen LogP contribution in [0.4, 0.5) is 0 Å². The van der Waals surface area contributed by atoms with Crippen LogP contribution in [0, 0.1) is 0 Å². The van der Waals surface area contributed by atoms with E-state index < -0.39 is 9.04 Å². The Hall–Kier alpha value is -2.42. The molecule has 1 nitrogen and oxygen atoms in total. The Kier molecular flexibility index (Phi) is 4.16. The van der Waals surface area contributed by atoms with Crippen LogP contribution in [-0.4, -0.2) is 15.6 Å². The van der Waals surface area contributed by atoms with Crippen molar-refractivity contribution in [3.05, 3.63) is 84.9 Å². The van der Waals surface area contributed by atoms with Crippen LogP contribution in [0.2, 0.25) is 0 Å².